The minimum atomic E-state index is -0.692. The average molecular weight is 470 g/mol. The van der Waals surface area contributed by atoms with Crippen LogP contribution in [0.5, 0.6) is 5.75 Å². The average Bonchev–Trinajstić information content (AvgIpc) is 3.43. The molecule has 1 atom stereocenters. The molecule has 1 aliphatic carbocycles. The van der Waals surface area contributed by atoms with Gasteiger partial charge in [0, 0.05) is 16.8 Å². The molecule has 1 heterocycles. The SMILES string of the molecule is COc1ccc(C2=C3C(=O)c4c(NC(=O)NNC(=O)c5ccc(N)cc5)cccc4C3NN2)cc1. The highest BCUT2D eigenvalue weighted by molar-refractivity contribution is 6.22. The molecule has 0 saturated carbocycles. The fourth-order valence-corrected chi connectivity index (χ4v) is 4.17. The molecule has 1 aliphatic heterocycles. The molecular formula is C25H22N6O4. The summed E-state index contributed by atoms with van der Waals surface area (Å²) in [5.74, 6) is 0.00705. The van der Waals surface area contributed by atoms with E-state index in [1.807, 2.05) is 30.3 Å². The number of hydrogen-bond acceptors (Lipinski definition) is 7. The molecule has 3 aromatic carbocycles. The Kier molecular flexibility index (Phi) is 5.55. The van der Waals surface area contributed by atoms with Crippen molar-refractivity contribution in [2.24, 2.45) is 0 Å². The first-order chi connectivity index (χ1) is 17.0. The van der Waals surface area contributed by atoms with Crippen molar-refractivity contribution in [1.82, 2.24) is 21.7 Å². The quantitative estimate of drug-likeness (QED) is 0.254. The molecule has 0 bridgehead atoms. The van der Waals surface area contributed by atoms with E-state index in [-0.39, 0.29) is 11.8 Å². The zero-order valence-corrected chi connectivity index (χ0v) is 18.6. The van der Waals surface area contributed by atoms with Gasteiger partial charge in [0.1, 0.15) is 5.75 Å². The molecule has 2 aliphatic rings. The Balaban J connectivity index is 1.34. The van der Waals surface area contributed by atoms with Crippen LogP contribution in [0.1, 0.15) is 37.9 Å². The second-order valence-corrected chi connectivity index (χ2v) is 7.97. The number of ketones is 1. The van der Waals surface area contributed by atoms with Gasteiger partial charge in [-0.1, -0.05) is 12.1 Å². The summed E-state index contributed by atoms with van der Waals surface area (Å²) < 4.78 is 5.21. The van der Waals surface area contributed by atoms with E-state index in [0.29, 0.717) is 39.5 Å². The number of anilines is 2. The summed E-state index contributed by atoms with van der Waals surface area (Å²) >= 11 is 0. The number of fused-ring (bicyclic) bond motifs is 3. The Labute approximate surface area is 200 Å². The van der Waals surface area contributed by atoms with Gasteiger partial charge in [-0.2, -0.15) is 0 Å². The maximum Gasteiger partial charge on any atom is 0.337 e. The van der Waals surface area contributed by atoms with Crippen molar-refractivity contribution >= 4 is 34.8 Å². The Morgan fingerprint density at radius 3 is 2.43 bits per heavy atom. The molecule has 3 aromatic rings. The number of rotatable bonds is 4. The smallest absolute Gasteiger partial charge is 0.337 e. The van der Waals surface area contributed by atoms with E-state index in [0.717, 1.165) is 11.1 Å². The van der Waals surface area contributed by atoms with E-state index in [2.05, 4.69) is 27.0 Å². The molecule has 10 nitrogen and oxygen atoms in total. The summed E-state index contributed by atoms with van der Waals surface area (Å²) in [4.78, 5) is 38.2. The molecule has 0 fully saturated rings. The molecule has 0 aromatic heterocycles. The predicted molar refractivity (Wildman–Crippen MR) is 130 cm³/mol. The Bertz CT molecular complexity index is 1370. The van der Waals surface area contributed by atoms with Crippen LogP contribution in [0, 0.1) is 0 Å². The number of urea groups is 1. The lowest BCUT2D eigenvalue weighted by molar-refractivity contribution is 0.0937. The number of amides is 3. The van der Waals surface area contributed by atoms with Gasteiger partial charge in [-0.3, -0.25) is 15.0 Å². The fourth-order valence-electron chi connectivity index (χ4n) is 4.17. The lowest BCUT2D eigenvalue weighted by Gasteiger charge is -2.13. The topological polar surface area (TPSA) is 147 Å². The minimum Gasteiger partial charge on any atom is -0.497 e. The van der Waals surface area contributed by atoms with E-state index >= 15 is 0 Å². The van der Waals surface area contributed by atoms with Gasteiger partial charge in [0.2, 0.25) is 0 Å². The number of Topliss-reactive ketones (excluding diaryl/α,β-unsaturated/α-hetero) is 1. The Morgan fingerprint density at radius 2 is 1.71 bits per heavy atom. The Hall–Kier alpha value is -4.83. The van der Waals surface area contributed by atoms with Gasteiger partial charge < -0.3 is 21.2 Å². The molecular weight excluding hydrogens is 448 g/mol. The van der Waals surface area contributed by atoms with Crippen LogP contribution in [0.25, 0.3) is 5.70 Å². The van der Waals surface area contributed by atoms with E-state index < -0.39 is 11.9 Å². The van der Waals surface area contributed by atoms with Crippen LogP contribution in [0.3, 0.4) is 0 Å². The molecule has 7 N–H and O–H groups in total. The van der Waals surface area contributed by atoms with Crippen molar-refractivity contribution in [1.29, 1.82) is 0 Å². The van der Waals surface area contributed by atoms with Crippen molar-refractivity contribution in [3.8, 4) is 5.75 Å². The number of carbonyl (C=O) groups is 3. The van der Waals surface area contributed by atoms with Crippen molar-refractivity contribution in [2.75, 3.05) is 18.2 Å². The first kappa shape index (κ1) is 22.0. The summed E-state index contributed by atoms with van der Waals surface area (Å²) in [5, 5.41) is 2.65. The maximum atomic E-state index is 13.5. The zero-order chi connectivity index (χ0) is 24.5. The van der Waals surface area contributed by atoms with Crippen molar-refractivity contribution in [3.05, 3.63) is 94.6 Å². The number of hydrogen-bond donors (Lipinski definition) is 6. The third-order valence-corrected chi connectivity index (χ3v) is 5.87. The van der Waals surface area contributed by atoms with Crippen LogP contribution in [0.2, 0.25) is 0 Å². The van der Waals surface area contributed by atoms with Crippen LogP contribution < -0.4 is 37.5 Å². The van der Waals surface area contributed by atoms with E-state index in [4.69, 9.17) is 10.5 Å². The van der Waals surface area contributed by atoms with Crippen molar-refractivity contribution in [3.63, 3.8) is 0 Å². The van der Waals surface area contributed by atoms with Crippen molar-refractivity contribution < 1.29 is 19.1 Å². The van der Waals surface area contributed by atoms with E-state index in [9.17, 15) is 14.4 Å². The highest BCUT2D eigenvalue weighted by atomic mass is 16.5. The van der Waals surface area contributed by atoms with Gasteiger partial charge in [0.05, 0.1) is 30.1 Å². The van der Waals surface area contributed by atoms with Crippen LogP contribution >= 0.6 is 0 Å². The normalized spacial score (nSPS) is 15.7. The van der Waals surface area contributed by atoms with E-state index in [1.165, 1.54) is 0 Å². The number of ether oxygens (including phenoxy) is 1. The zero-order valence-electron chi connectivity index (χ0n) is 18.6. The molecule has 1 unspecified atom stereocenters. The highest BCUT2D eigenvalue weighted by Gasteiger charge is 2.42. The van der Waals surface area contributed by atoms with Gasteiger partial charge in [0.25, 0.3) is 5.91 Å². The summed E-state index contributed by atoms with van der Waals surface area (Å²) in [5.41, 5.74) is 20.9. The largest absolute Gasteiger partial charge is 0.497 e. The number of benzene rings is 3. The van der Waals surface area contributed by atoms with Gasteiger partial charge in [-0.15, -0.1) is 0 Å². The number of methoxy groups -OCH3 is 1. The molecule has 10 heteroatoms. The molecule has 35 heavy (non-hydrogen) atoms. The number of nitrogens with two attached hydrogens (primary N) is 1. The van der Waals surface area contributed by atoms with E-state index in [1.54, 1.807) is 43.5 Å². The molecule has 3 amide bonds. The summed E-state index contributed by atoms with van der Waals surface area (Å²) in [6.07, 6.45) is 0. The standard InChI is InChI=1S/C25H22N6O4/c1-35-16-11-7-13(8-12-16)21-20-22(29-28-21)17-3-2-4-18(19(17)23(20)32)27-25(34)31-30-24(33)14-5-9-15(26)10-6-14/h2-12,22,28-29H,26H2,1H3,(H,30,33)(H2,27,31,34). The predicted octanol–water partition coefficient (Wildman–Crippen LogP) is 2.50. The lowest BCUT2D eigenvalue weighted by Crippen LogP contribution is -2.44. The molecule has 5 rings (SSSR count). The molecule has 176 valence electrons. The van der Waals surface area contributed by atoms with Crippen LogP contribution in [0.15, 0.2) is 72.3 Å². The summed E-state index contributed by atoms with van der Waals surface area (Å²) in [6, 6.07) is 17.8. The molecule has 0 saturated heterocycles. The first-order valence-corrected chi connectivity index (χ1v) is 10.8. The first-order valence-electron chi connectivity index (χ1n) is 10.8. The second kappa shape index (κ2) is 8.84. The minimum absolute atomic E-state index is 0.199. The third kappa shape index (κ3) is 4.02. The Morgan fingerprint density at radius 1 is 0.971 bits per heavy atom. The second-order valence-electron chi connectivity index (χ2n) is 7.97. The fraction of sp³-hybridized carbons (Fsp3) is 0.0800. The van der Waals surface area contributed by atoms with Crippen LogP contribution in [-0.4, -0.2) is 24.8 Å². The number of carbonyl (C=O) groups excluding carboxylic acids is 3. The third-order valence-electron chi connectivity index (χ3n) is 5.87. The van der Waals surface area contributed by atoms with Gasteiger partial charge >= 0.3 is 6.03 Å². The number of hydrazine groups is 2. The summed E-state index contributed by atoms with van der Waals surface area (Å²) in [7, 11) is 1.59. The van der Waals surface area contributed by atoms with Gasteiger partial charge in [-0.25, -0.2) is 15.6 Å². The van der Waals surface area contributed by atoms with Gasteiger partial charge in [0.15, 0.2) is 5.78 Å². The van der Waals surface area contributed by atoms with Crippen LogP contribution in [0.4, 0.5) is 16.2 Å². The monoisotopic (exact) mass is 470 g/mol. The lowest BCUT2D eigenvalue weighted by atomic mass is 10.0. The van der Waals surface area contributed by atoms with Crippen molar-refractivity contribution in [2.45, 2.75) is 6.04 Å². The maximum absolute atomic E-state index is 13.5. The number of nitrogen functional groups attached to an aromatic ring is 1. The number of nitrogens with one attached hydrogen (secondary N) is 5. The summed E-state index contributed by atoms with van der Waals surface area (Å²) in [6.45, 7) is 0. The highest BCUT2D eigenvalue weighted by Crippen LogP contribution is 2.44. The van der Waals surface area contributed by atoms with Gasteiger partial charge in [-0.05, 0) is 65.7 Å². The molecule has 0 spiro atoms. The van der Waals surface area contributed by atoms with Crippen LogP contribution in [-0.2, 0) is 0 Å². The molecule has 0 radical (unpaired) electrons.